The van der Waals surface area contributed by atoms with Crippen molar-refractivity contribution < 1.29 is 9.53 Å². The highest BCUT2D eigenvalue weighted by Crippen LogP contribution is 2.39. The van der Waals surface area contributed by atoms with Gasteiger partial charge in [-0.15, -0.1) is 11.3 Å². The number of nitrogens with zero attached hydrogens (tertiary/aromatic N) is 4. The zero-order valence-electron chi connectivity index (χ0n) is 17.2. The van der Waals surface area contributed by atoms with Gasteiger partial charge in [0.15, 0.2) is 0 Å². The van der Waals surface area contributed by atoms with Gasteiger partial charge in [0.05, 0.1) is 18.6 Å². The Morgan fingerprint density at radius 3 is 2.53 bits per heavy atom. The maximum absolute atomic E-state index is 12.9. The van der Waals surface area contributed by atoms with Gasteiger partial charge in [-0.3, -0.25) is 4.79 Å². The van der Waals surface area contributed by atoms with Crippen molar-refractivity contribution in [3.8, 4) is 11.1 Å². The van der Waals surface area contributed by atoms with Gasteiger partial charge in [-0.2, -0.15) is 0 Å². The third-order valence-electron chi connectivity index (χ3n) is 6.18. The van der Waals surface area contributed by atoms with E-state index in [0.29, 0.717) is 19.1 Å². The third kappa shape index (κ3) is 3.68. The molecule has 5 rings (SSSR count). The lowest BCUT2D eigenvalue weighted by Crippen LogP contribution is -2.47. The number of thiophene rings is 1. The summed E-state index contributed by atoms with van der Waals surface area (Å²) in [5, 5.41) is 3.31. The fourth-order valence-corrected chi connectivity index (χ4v) is 5.34. The van der Waals surface area contributed by atoms with Crippen molar-refractivity contribution in [3.05, 3.63) is 41.5 Å². The predicted octanol–water partition coefficient (Wildman–Crippen LogP) is 3.74. The van der Waals surface area contributed by atoms with E-state index in [1.54, 1.807) is 17.7 Å². The number of anilines is 1. The van der Waals surface area contributed by atoms with Crippen LogP contribution in [0.4, 0.5) is 5.82 Å². The van der Waals surface area contributed by atoms with Gasteiger partial charge in [-0.1, -0.05) is 29.8 Å². The van der Waals surface area contributed by atoms with E-state index in [1.807, 2.05) is 4.90 Å². The van der Waals surface area contributed by atoms with Crippen molar-refractivity contribution in [1.82, 2.24) is 14.9 Å². The summed E-state index contributed by atoms with van der Waals surface area (Å²) >= 11 is 1.66. The van der Waals surface area contributed by atoms with E-state index in [-0.39, 0.29) is 5.92 Å². The number of carbonyl (C=O) groups is 1. The van der Waals surface area contributed by atoms with Crippen LogP contribution in [0.2, 0.25) is 0 Å². The van der Waals surface area contributed by atoms with Crippen LogP contribution in [0.25, 0.3) is 21.3 Å². The number of hydrogen-bond donors (Lipinski definition) is 0. The van der Waals surface area contributed by atoms with E-state index in [9.17, 15) is 4.79 Å². The molecule has 1 amide bonds. The summed E-state index contributed by atoms with van der Waals surface area (Å²) in [6.45, 7) is 6.55. The molecule has 7 heteroatoms. The van der Waals surface area contributed by atoms with Gasteiger partial charge >= 0.3 is 0 Å². The molecule has 0 atom stereocenters. The minimum Gasteiger partial charge on any atom is -0.378 e. The van der Waals surface area contributed by atoms with Crippen LogP contribution in [0.15, 0.2) is 36.0 Å². The second-order valence-electron chi connectivity index (χ2n) is 8.09. The Morgan fingerprint density at radius 2 is 1.80 bits per heavy atom. The summed E-state index contributed by atoms with van der Waals surface area (Å²) in [6, 6.07) is 8.62. The number of aryl methyl sites for hydroxylation is 1. The van der Waals surface area contributed by atoms with E-state index in [4.69, 9.17) is 4.74 Å². The number of fused-ring (bicyclic) bond motifs is 1. The number of ether oxygens (including phenoxy) is 1. The highest BCUT2D eigenvalue weighted by Gasteiger charge is 2.30. The molecule has 6 nitrogen and oxygen atoms in total. The van der Waals surface area contributed by atoms with Crippen molar-refractivity contribution >= 4 is 33.3 Å². The molecule has 0 radical (unpaired) electrons. The van der Waals surface area contributed by atoms with Crippen LogP contribution in [0.5, 0.6) is 0 Å². The van der Waals surface area contributed by atoms with Gasteiger partial charge in [0, 0.05) is 43.0 Å². The largest absolute Gasteiger partial charge is 0.378 e. The molecule has 0 spiro atoms. The second-order valence-corrected chi connectivity index (χ2v) is 8.95. The van der Waals surface area contributed by atoms with Crippen LogP contribution in [0.3, 0.4) is 0 Å². The van der Waals surface area contributed by atoms with Crippen molar-refractivity contribution in [1.29, 1.82) is 0 Å². The zero-order valence-corrected chi connectivity index (χ0v) is 18.0. The topological polar surface area (TPSA) is 58.6 Å². The lowest BCUT2D eigenvalue weighted by atomic mass is 9.94. The minimum absolute atomic E-state index is 0.107. The quantitative estimate of drug-likeness (QED) is 0.644. The van der Waals surface area contributed by atoms with Crippen LogP contribution < -0.4 is 4.90 Å². The molecule has 0 unspecified atom stereocenters. The molecule has 2 aromatic heterocycles. The number of hydrogen-bond acceptors (Lipinski definition) is 6. The normalized spacial score (nSPS) is 18.2. The van der Waals surface area contributed by atoms with Crippen LogP contribution in [-0.2, 0) is 9.53 Å². The zero-order chi connectivity index (χ0) is 20.5. The van der Waals surface area contributed by atoms with Gasteiger partial charge in [-0.05, 0) is 25.3 Å². The summed E-state index contributed by atoms with van der Waals surface area (Å²) < 4.78 is 5.38. The maximum atomic E-state index is 12.9. The molecular weight excluding hydrogens is 396 g/mol. The highest BCUT2D eigenvalue weighted by atomic mass is 32.1. The van der Waals surface area contributed by atoms with Gasteiger partial charge in [-0.25, -0.2) is 9.97 Å². The Kier molecular flexibility index (Phi) is 5.39. The first kappa shape index (κ1) is 19.5. The summed E-state index contributed by atoms with van der Waals surface area (Å²) in [5.74, 6) is 1.39. The monoisotopic (exact) mass is 422 g/mol. The molecule has 2 aliphatic heterocycles. The number of benzene rings is 1. The Balaban J connectivity index is 1.37. The molecule has 4 heterocycles. The number of piperidine rings is 1. The van der Waals surface area contributed by atoms with Gasteiger partial charge in [0.25, 0.3) is 0 Å². The van der Waals surface area contributed by atoms with E-state index in [0.717, 1.165) is 55.1 Å². The van der Waals surface area contributed by atoms with E-state index < -0.39 is 0 Å². The van der Waals surface area contributed by atoms with Crippen LogP contribution in [0.1, 0.15) is 18.4 Å². The van der Waals surface area contributed by atoms with Crippen molar-refractivity contribution in [2.24, 2.45) is 5.92 Å². The number of aromatic nitrogens is 2. The van der Waals surface area contributed by atoms with E-state index >= 15 is 0 Å². The molecular formula is C23H26N4O2S. The molecule has 2 aliphatic rings. The van der Waals surface area contributed by atoms with Crippen molar-refractivity contribution in [2.45, 2.75) is 19.8 Å². The molecule has 2 fully saturated rings. The average Bonchev–Trinajstić information content (AvgIpc) is 3.24. The van der Waals surface area contributed by atoms with Crippen molar-refractivity contribution in [3.63, 3.8) is 0 Å². The molecule has 156 valence electrons. The summed E-state index contributed by atoms with van der Waals surface area (Å²) in [7, 11) is 0. The number of amides is 1. The van der Waals surface area contributed by atoms with Crippen LogP contribution >= 0.6 is 11.3 Å². The molecule has 0 aliphatic carbocycles. The molecule has 30 heavy (non-hydrogen) atoms. The molecule has 3 aromatic rings. The summed E-state index contributed by atoms with van der Waals surface area (Å²) in [6.07, 6.45) is 3.40. The summed E-state index contributed by atoms with van der Waals surface area (Å²) in [5.41, 5.74) is 3.64. The molecule has 0 N–H and O–H groups in total. The fourth-order valence-electron chi connectivity index (χ4n) is 4.42. The maximum Gasteiger partial charge on any atom is 0.225 e. The summed E-state index contributed by atoms with van der Waals surface area (Å²) in [4.78, 5) is 27.4. The first-order valence-corrected chi connectivity index (χ1v) is 11.5. The first-order valence-electron chi connectivity index (χ1n) is 10.6. The molecule has 0 bridgehead atoms. The lowest BCUT2D eigenvalue weighted by molar-refractivity contribution is -0.140. The third-order valence-corrected chi connectivity index (χ3v) is 7.07. The molecule has 0 saturated carbocycles. The number of morpholine rings is 1. The van der Waals surface area contributed by atoms with Crippen LogP contribution in [-0.4, -0.2) is 60.2 Å². The van der Waals surface area contributed by atoms with Crippen molar-refractivity contribution in [2.75, 3.05) is 44.3 Å². The number of carbonyl (C=O) groups excluding carboxylic acids is 1. The van der Waals surface area contributed by atoms with E-state index in [2.05, 4.69) is 51.4 Å². The Morgan fingerprint density at radius 1 is 1.07 bits per heavy atom. The Bertz CT molecular complexity index is 1040. The lowest BCUT2D eigenvalue weighted by Gasteiger charge is -2.36. The van der Waals surface area contributed by atoms with E-state index in [1.165, 1.54) is 16.7 Å². The smallest absolute Gasteiger partial charge is 0.225 e. The molecule has 1 aromatic carbocycles. The SMILES string of the molecule is Cc1ccc(-c2csc3ncnc(N4CCC(C(=O)N5CCOCC5)CC4)c23)cc1. The standard InChI is InChI=1S/C23H26N4O2S/c1-16-2-4-17(5-3-16)19-14-30-22-20(19)21(24-15-25-22)26-8-6-18(7-9-26)23(28)27-10-12-29-13-11-27/h2-5,14-15,18H,6-13H2,1H3. The number of rotatable bonds is 3. The first-order chi connectivity index (χ1) is 14.7. The molecule has 2 saturated heterocycles. The van der Waals surface area contributed by atoms with Gasteiger partial charge < -0.3 is 14.5 Å². The Labute approximate surface area is 180 Å². The van der Waals surface area contributed by atoms with Crippen LogP contribution in [0, 0.1) is 12.8 Å². The predicted molar refractivity (Wildman–Crippen MR) is 120 cm³/mol. The average molecular weight is 423 g/mol. The van der Waals surface area contributed by atoms with Gasteiger partial charge in [0.2, 0.25) is 5.91 Å². The Hall–Kier alpha value is -2.51. The highest BCUT2D eigenvalue weighted by molar-refractivity contribution is 7.17. The van der Waals surface area contributed by atoms with Gasteiger partial charge in [0.1, 0.15) is 17.0 Å². The fraction of sp³-hybridized carbons (Fsp3) is 0.435. The second kappa shape index (κ2) is 8.32. The minimum atomic E-state index is 0.107.